The second kappa shape index (κ2) is 13.1. The van der Waals surface area contributed by atoms with Crippen LogP contribution in [0.25, 0.3) is 99.3 Å². The van der Waals surface area contributed by atoms with Crippen molar-refractivity contribution in [3.63, 3.8) is 0 Å². The molecule has 0 aliphatic heterocycles. The molecule has 0 unspecified atom stereocenters. The van der Waals surface area contributed by atoms with Gasteiger partial charge in [-0.25, -0.2) is 4.98 Å². The van der Waals surface area contributed by atoms with E-state index in [9.17, 15) is 0 Å². The van der Waals surface area contributed by atoms with Crippen LogP contribution in [0.5, 0.6) is 0 Å². The van der Waals surface area contributed by atoms with Crippen molar-refractivity contribution in [2.75, 3.05) is 0 Å². The molecule has 0 amide bonds. The Balaban J connectivity index is 1.08. The number of nitrogens with zero attached hydrogens (tertiary/aromatic N) is 1. The van der Waals surface area contributed by atoms with Crippen LogP contribution in [0, 0.1) is 0 Å². The monoisotopic (exact) mass is 771 g/mol. The predicted molar refractivity (Wildman–Crippen MR) is 255 cm³/mol. The fraction of sp³-hybridized carbons (Fsp3) is 0.0167. The maximum Gasteiger partial charge on any atom is 0.0725 e. The van der Waals surface area contributed by atoms with Gasteiger partial charge in [0.1, 0.15) is 0 Å². The van der Waals surface area contributed by atoms with Crippen molar-refractivity contribution in [3.8, 4) is 67.0 Å². The Morgan fingerprint density at radius 2 is 0.721 bits per heavy atom. The molecule has 10 aromatic carbocycles. The third-order valence-corrected chi connectivity index (χ3v) is 13.5. The SMILES string of the molecule is c1ccc(-c2cc(-c3ccccc3)nc(-c3ccc4c5ccccc5c5cccc(-c6ccc7c(c6)C6(c8ccccc8-c8ccccc86)c6ccccc6-7)c5c4c3)c2)cc1. The second-order valence-corrected chi connectivity index (χ2v) is 16.5. The van der Waals surface area contributed by atoms with Crippen molar-refractivity contribution in [2.45, 2.75) is 5.41 Å². The van der Waals surface area contributed by atoms with Crippen molar-refractivity contribution in [3.05, 3.63) is 247 Å². The molecule has 0 N–H and O–H groups in total. The van der Waals surface area contributed by atoms with Gasteiger partial charge in [0.2, 0.25) is 0 Å². The Hall–Kier alpha value is -7.87. The number of aromatic nitrogens is 1. The molecule has 0 radical (unpaired) electrons. The van der Waals surface area contributed by atoms with Gasteiger partial charge in [0.25, 0.3) is 0 Å². The first-order chi connectivity index (χ1) is 30.3. The van der Waals surface area contributed by atoms with E-state index < -0.39 is 5.41 Å². The van der Waals surface area contributed by atoms with Gasteiger partial charge in [-0.05, 0) is 123 Å². The summed E-state index contributed by atoms with van der Waals surface area (Å²) in [7, 11) is 0. The van der Waals surface area contributed by atoms with Gasteiger partial charge in [-0.15, -0.1) is 0 Å². The Morgan fingerprint density at radius 1 is 0.246 bits per heavy atom. The Bertz CT molecular complexity index is 3460. The van der Waals surface area contributed by atoms with Crippen LogP contribution in [0.15, 0.2) is 224 Å². The molecule has 282 valence electrons. The van der Waals surface area contributed by atoms with E-state index in [1.54, 1.807) is 0 Å². The van der Waals surface area contributed by atoms with Gasteiger partial charge in [0, 0.05) is 11.1 Å². The molecule has 1 heteroatoms. The summed E-state index contributed by atoms with van der Waals surface area (Å²) >= 11 is 0. The quantitative estimate of drug-likeness (QED) is 0.162. The third-order valence-electron chi connectivity index (χ3n) is 13.5. The van der Waals surface area contributed by atoms with Crippen molar-refractivity contribution in [1.82, 2.24) is 4.98 Å². The lowest BCUT2D eigenvalue weighted by atomic mass is 9.70. The molecule has 13 rings (SSSR count). The maximum absolute atomic E-state index is 5.37. The summed E-state index contributed by atoms with van der Waals surface area (Å²) < 4.78 is 0. The van der Waals surface area contributed by atoms with E-state index in [1.807, 2.05) is 0 Å². The number of benzene rings is 10. The minimum absolute atomic E-state index is 0.409. The van der Waals surface area contributed by atoms with Crippen LogP contribution in [0.3, 0.4) is 0 Å². The molecule has 0 atom stereocenters. The minimum Gasteiger partial charge on any atom is -0.248 e. The Kier molecular flexibility index (Phi) is 7.29. The average Bonchev–Trinajstić information content (AvgIpc) is 3.81. The molecule has 1 spiro atoms. The van der Waals surface area contributed by atoms with Crippen LogP contribution in [-0.4, -0.2) is 4.98 Å². The molecule has 2 aliphatic carbocycles. The van der Waals surface area contributed by atoms with Crippen molar-refractivity contribution in [2.24, 2.45) is 0 Å². The molecule has 1 nitrogen and oxygen atoms in total. The van der Waals surface area contributed by atoms with Crippen LogP contribution >= 0.6 is 0 Å². The Morgan fingerprint density at radius 3 is 1.38 bits per heavy atom. The summed E-state index contributed by atoms with van der Waals surface area (Å²) in [4.78, 5) is 5.37. The van der Waals surface area contributed by atoms with Crippen LogP contribution in [-0.2, 0) is 5.41 Å². The lowest BCUT2D eigenvalue weighted by Gasteiger charge is -2.30. The van der Waals surface area contributed by atoms with Gasteiger partial charge in [0.05, 0.1) is 16.8 Å². The van der Waals surface area contributed by atoms with E-state index in [2.05, 4.69) is 224 Å². The first-order valence-corrected chi connectivity index (χ1v) is 21.2. The van der Waals surface area contributed by atoms with Crippen LogP contribution < -0.4 is 0 Å². The highest BCUT2D eigenvalue weighted by molar-refractivity contribution is 6.29. The molecule has 0 bridgehead atoms. The van der Waals surface area contributed by atoms with E-state index in [1.165, 1.54) is 93.5 Å². The zero-order valence-electron chi connectivity index (χ0n) is 33.3. The summed E-state index contributed by atoms with van der Waals surface area (Å²) in [6.07, 6.45) is 0. The van der Waals surface area contributed by atoms with E-state index in [4.69, 9.17) is 4.98 Å². The summed E-state index contributed by atoms with van der Waals surface area (Å²) in [5.41, 5.74) is 19.2. The molecule has 11 aromatic rings. The van der Waals surface area contributed by atoms with Gasteiger partial charge < -0.3 is 0 Å². The zero-order chi connectivity index (χ0) is 40.1. The normalized spacial score (nSPS) is 13.0. The standard InChI is InChI=1S/C60H37N/c1-3-16-38(17-4-1)42-36-57(39-18-5-2-6-19-39)61-58(37-42)41-31-32-46-44-20-7-8-21-45(44)51-26-15-25-43(59(51)52(46)34-41)40-30-33-50-49-24-11-14-29-55(49)60(56(50)35-40)53-27-12-9-22-47(53)48-23-10-13-28-54(48)60/h1-37H. The highest BCUT2D eigenvalue weighted by Gasteiger charge is 2.51. The summed E-state index contributed by atoms with van der Waals surface area (Å²) in [6, 6.07) is 82.9. The summed E-state index contributed by atoms with van der Waals surface area (Å²) in [5.74, 6) is 0. The van der Waals surface area contributed by atoms with Crippen LogP contribution in [0.4, 0.5) is 0 Å². The smallest absolute Gasteiger partial charge is 0.0725 e. The number of hydrogen-bond acceptors (Lipinski definition) is 1. The number of rotatable bonds is 4. The molecule has 1 aromatic heterocycles. The number of pyridine rings is 1. The number of fused-ring (bicyclic) bond motifs is 16. The third kappa shape index (κ3) is 4.86. The molecule has 0 fully saturated rings. The molecule has 61 heavy (non-hydrogen) atoms. The summed E-state index contributed by atoms with van der Waals surface area (Å²) in [5, 5.41) is 7.50. The lowest BCUT2D eigenvalue weighted by molar-refractivity contribution is 0.794. The minimum atomic E-state index is -0.409. The summed E-state index contributed by atoms with van der Waals surface area (Å²) in [6.45, 7) is 0. The highest BCUT2D eigenvalue weighted by Crippen LogP contribution is 2.63. The van der Waals surface area contributed by atoms with Crippen molar-refractivity contribution in [1.29, 1.82) is 0 Å². The largest absolute Gasteiger partial charge is 0.248 e. The van der Waals surface area contributed by atoms with Gasteiger partial charge >= 0.3 is 0 Å². The number of hydrogen-bond donors (Lipinski definition) is 0. The van der Waals surface area contributed by atoms with Gasteiger partial charge in [0.15, 0.2) is 0 Å². The first kappa shape index (κ1) is 34.0. The van der Waals surface area contributed by atoms with E-state index >= 15 is 0 Å². The van der Waals surface area contributed by atoms with Gasteiger partial charge in [-0.1, -0.05) is 200 Å². The highest BCUT2D eigenvalue weighted by atomic mass is 14.7. The molecular weight excluding hydrogens is 735 g/mol. The van der Waals surface area contributed by atoms with E-state index in [0.717, 1.165) is 28.1 Å². The van der Waals surface area contributed by atoms with E-state index in [0.29, 0.717) is 0 Å². The van der Waals surface area contributed by atoms with E-state index in [-0.39, 0.29) is 0 Å². The second-order valence-electron chi connectivity index (χ2n) is 16.5. The van der Waals surface area contributed by atoms with Gasteiger partial charge in [-0.3, -0.25) is 0 Å². The molecule has 2 aliphatic rings. The van der Waals surface area contributed by atoms with Crippen LogP contribution in [0.1, 0.15) is 22.3 Å². The van der Waals surface area contributed by atoms with Crippen LogP contribution in [0.2, 0.25) is 0 Å². The molecule has 0 saturated heterocycles. The molecule has 0 saturated carbocycles. The fourth-order valence-corrected chi connectivity index (χ4v) is 10.9. The average molecular weight is 772 g/mol. The Labute approximate surface area is 354 Å². The first-order valence-electron chi connectivity index (χ1n) is 21.2. The van der Waals surface area contributed by atoms with Crippen molar-refractivity contribution < 1.29 is 0 Å². The maximum atomic E-state index is 5.37. The predicted octanol–water partition coefficient (Wildman–Crippen LogP) is 15.6. The topological polar surface area (TPSA) is 12.9 Å². The van der Waals surface area contributed by atoms with Gasteiger partial charge in [-0.2, -0.15) is 0 Å². The van der Waals surface area contributed by atoms with Crippen molar-refractivity contribution >= 4 is 32.3 Å². The zero-order valence-corrected chi connectivity index (χ0v) is 33.3. The lowest BCUT2D eigenvalue weighted by Crippen LogP contribution is -2.25. The molecular formula is C60H37N. The molecule has 1 heterocycles. The fourth-order valence-electron chi connectivity index (χ4n) is 10.9.